The van der Waals surface area contributed by atoms with Crippen molar-refractivity contribution < 1.29 is 14.5 Å². The lowest BCUT2D eigenvalue weighted by Crippen LogP contribution is -2.36. The third kappa shape index (κ3) is 4.46. The number of amides is 1. The van der Waals surface area contributed by atoms with Gasteiger partial charge >= 0.3 is 5.69 Å². The summed E-state index contributed by atoms with van der Waals surface area (Å²) in [4.78, 5) is 26.3. The van der Waals surface area contributed by atoms with E-state index in [0.29, 0.717) is 26.0 Å². The molecule has 0 radical (unpaired) electrons. The first-order valence-electron chi connectivity index (χ1n) is 10.6. The molecule has 1 unspecified atom stereocenters. The highest BCUT2D eigenvalue weighted by atomic mass is 32.2. The number of hydrogen-bond acceptors (Lipinski definition) is 7. The number of benzene rings is 2. The Morgan fingerprint density at radius 2 is 2.00 bits per heavy atom. The van der Waals surface area contributed by atoms with Crippen LogP contribution in [0.25, 0.3) is 23.0 Å². The number of methoxy groups -OCH3 is 1. The Hall–Kier alpha value is -3.50. The van der Waals surface area contributed by atoms with Crippen molar-refractivity contribution in [3.63, 3.8) is 0 Å². The van der Waals surface area contributed by atoms with E-state index in [1.807, 2.05) is 44.2 Å². The monoisotopic (exact) mass is 494 g/mol. The molecule has 1 atom stereocenters. The summed E-state index contributed by atoms with van der Waals surface area (Å²) in [6, 6.07) is 14.2. The van der Waals surface area contributed by atoms with E-state index in [1.165, 1.54) is 24.9 Å². The fourth-order valence-corrected chi connectivity index (χ4v) is 5.05. The number of nitro groups is 1. The number of hydrogen-bond donors (Lipinski definition) is 0. The molecule has 2 aromatic carbocycles. The summed E-state index contributed by atoms with van der Waals surface area (Å²) in [5.41, 5.74) is 2.34. The molecular formula is C24H22N4O4S2. The van der Waals surface area contributed by atoms with Crippen LogP contribution in [0.5, 0.6) is 5.75 Å². The molecule has 2 heterocycles. The predicted octanol–water partition coefficient (Wildman–Crippen LogP) is 5.46. The van der Waals surface area contributed by atoms with Crippen molar-refractivity contribution in [2.75, 3.05) is 7.11 Å². The molecule has 0 spiro atoms. The van der Waals surface area contributed by atoms with Crippen LogP contribution in [0.15, 0.2) is 59.6 Å². The highest BCUT2D eigenvalue weighted by Gasteiger charge is 2.35. The van der Waals surface area contributed by atoms with Gasteiger partial charge < -0.3 is 4.74 Å². The van der Waals surface area contributed by atoms with Gasteiger partial charge in [-0.1, -0.05) is 49.1 Å². The van der Waals surface area contributed by atoms with Gasteiger partial charge in [0, 0.05) is 29.4 Å². The molecule has 1 amide bonds. The molecule has 0 bridgehead atoms. The molecule has 1 saturated heterocycles. The minimum absolute atomic E-state index is 0.00542. The Balaban J connectivity index is 1.85. The average molecular weight is 495 g/mol. The van der Waals surface area contributed by atoms with Crippen molar-refractivity contribution in [2.45, 2.75) is 26.3 Å². The van der Waals surface area contributed by atoms with Crippen LogP contribution in [-0.4, -0.2) is 43.0 Å². The molecule has 34 heavy (non-hydrogen) atoms. The van der Waals surface area contributed by atoms with Crippen LogP contribution >= 0.6 is 24.0 Å². The zero-order valence-electron chi connectivity index (χ0n) is 18.8. The minimum Gasteiger partial charge on any atom is -0.490 e. The van der Waals surface area contributed by atoms with E-state index in [-0.39, 0.29) is 23.4 Å². The van der Waals surface area contributed by atoms with Gasteiger partial charge in [-0.2, -0.15) is 5.10 Å². The van der Waals surface area contributed by atoms with E-state index >= 15 is 0 Å². The van der Waals surface area contributed by atoms with Gasteiger partial charge in [0.1, 0.15) is 10.0 Å². The number of thioether (sulfide) groups is 1. The van der Waals surface area contributed by atoms with Crippen LogP contribution in [0.1, 0.15) is 25.8 Å². The normalized spacial score (nSPS) is 15.7. The van der Waals surface area contributed by atoms with Crippen LogP contribution in [0, 0.1) is 10.1 Å². The van der Waals surface area contributed by atoms with E-state index in [0.717, 1.165) is 12.1 Å². The van der Waals surface area contributed by atoms with Gasteiger partial charge in [0.2, 0.25) is 0 Å². The molecule has 8 nitrogen and oxygen atoms in total. The summed E-state index contributed by atoms with van der Waals surface area (Å²) in [5, 5.41) is 16.3. The molecule has 3 aromatic rings. The van der Waals surface area contributed by atoms with E-state index in [4.69, 9.17) is 22.1 Å². The van der Waals surface area contributed by atoms with Gasteiger partial charge in [-0.15, -0.1) is 0 Å². The molecule has 1 aliphatic rings. The lowest BCUT2D eigenvalue weighted by atomic mass is 10.1. The first-order chi connectivity index (χ1) is 16.3. The van der Waals surface area contributed by atoms with Crippen LogP contribution in [-0.2, 0) is 4.79 Å². The van der Waals surface area contributed by atoms with E-state index in [9.17, 15) is 14.9 Å². The lowest BCUT2D eigenvalue weighted by Gasteiger charge is -2.21. The molecule has 0 N–H and O–H groups in total. The predicted molar refractivity (Wildman–Crippen MR) is 137 cm³/mol. The van der Waals surface area contributed by atoms with Crippen molar-refractivity contribution in [1.82, 2.24) is 14.7 Å². The number of thiocarbonyl (C=S) groups is 1. The van der Waals surface area contributed by atoms with Gasteiger partial charge in [0.15, 0.2) is 5.75 Å². The second kappa shape index (κ2) is 9.78. The molecule has 0 saturated carbocycles. The number of nitro benzene ring substituents is 1. The number of carbonyl (C=O) groups is 1. The van der Waals surface area contributed by atoms with Gasteiger partial charge in [-0.25, -0.2) is 4.68 Å². The summed E-state index contributed by atoms with van der Waals surface area (Å²) >= 11 is 6.70. The summed E-state index contributed by atoms with van der Waals surface area (Å²) in [6.07, 6.45) is 4.34. The second-order valence-electron chi connectivity index (χ2n) is 7.67. The molecule has 1 aromatic heterocycles. The maximum Gasteiger partial charge on any atom is 0.311 e. The maximum atomic E-state index is 13.1. The number of ether oxygens (including phenoxy) is 1. The third-order valence-electron chi connectivity index (χ3n) is 5.55. The van der Waals surface area contributed by atoms with Crippen molar-refractivity contribution in [2.24, 2.45) is 0 Å². The molecule has 1 fully saturated rings. The van der Waals surface area contributed by atoms with Crippen molar-refractivity contribution in [1.29, 1.82) is 0 Å². The fraction of sp³-hybridized carbons (Fsp3) is 0.208. The number of nitrogens with zero attached hydrogens (tertiary/aromatic N) is 4. The highest BCUT2D eigenvalue weighted by Crippen LogP contribution is 2.38. The molecule has 0 aliphatic carbocycles. The van der Waals surface area contributed by atoms with Crippen LogP contribution in [0.3, 0.4) is 0 Å². The molecular weight excluding hydrogens is 472 g/mol. The first-order valence-corrected chi connectivity index (χ1v) is 11.8. The zero-order chi connectivity index (χ0) is 24.4. The largest absolute Gasteiger partial charge is 0.490 e. The highest BCUT2D eigenvalue weighted by molar-refractivity contribution is 8.26. The first kappa shape index (κ1) is 23.7. The van der Waals surface area contributed by atoms with Crippen molar-refractivity contribution >= 4 is 46.0 Å². The topological polar surface area (TPSA) is 90.5 Å². The third-order valence-corrected chi connectivity index (χ3v) is 6.88. The van der Waals surface area contributed by atoms with Crippen molar-refractivity contribution in [3.8, 4) is 22.7 Å². The van der Waals surface area contributed by atoms with Crippen molar-refractivity contribution in [3.05, 3.63) is 75.3 Å². The van der Waals surface area contributed by atoms with E-state index in [1.54, 1.807) is 34.0 Å². The molecule has 10 heteroatoms. The van der Waals surface area contributed by atoms with Crippen LogP contribution in [0.4, 0.5) is 5.69 Å². The molecule has 174 valence electrons. The van der Waals surface area contributed by atoms with Gasteiger partial charge in [0.25, 0.3) is 5.91 Å². The Bertz CT molecular complexity index is 1300. The Labute approximate surface area is 206 Å². The Morgan fingerprint density at radius 3 is 2.65 bits per heavy atom. The number of rotatable bonds is 7. The zero-order valence-corrected chi connectivity index (χ0v) is 20.4. The summed E-state index contributed by atoms with van der Waals surface area (Å²) in [7, 11) is 1.39. The van der Waals surface area contributed by atoms with Crippen LogP contribution < -0.4 is 4.74 Å². The average Bonchev–Trinajstić information content (AvgIpc) is 3.39. The SMILES string of the molecule is CCC(C)N1C(=O)C(=Cc2cn(-c3ccccc3)nc2-c2ccc(OC)c([N+](=O)[O-])c2)SC1=S. The maximum absolute atomic E-state index is 13.1. The minimum atomic E-state index is -0.493. The summed E-state index contributed by atoms with van der Waals surface area (Å²) in [6.45, 7) is 3.97. The van der Waals surface area contributed by atoms with E-state index < -0.39 is 4.92 Å². The quantitative estimate of drug-likeness (QED) is 0.187. The smallest absolute Gasteiger partial charge is 0.311 e. The fourth-order valence-electron chi connectivity index (χ4n) is 3.59. The van der Waals surface area contributed by atoms with Gasteiger partial charge in [0.05, 0.1) is 22.6 Å². The van der Waals surface area contributed by atoms with Gasteiger partial charge in [-0.3, -0.25) is 19.8 Å². The number of aromatic nitrogens is 2. The molecule has 1 aliphatic heterocycles. The Morgan fingerprint density at radius 1 is 1.26 bits per heavy atom. The van der Waals surface area contributed by atoms with Crippen LogP contribution in [0.2, 0.25) is 0 Å². The summed E-state index contributed by atoms with van der Waals surface area (Å²) < 4.78 is 7.34. The standard InChI is InChI=1S/C24H22N4O4S2/c1-4-15(2)27-23(29)21(34-24(27)33)13-17-14-26(18-8-6-5-7-9-18)25-22(17)16-10-11-20(32-3)19(12-16)28(30)31/h5-15H,4H2,1-3H3. The number of carbonyl (C=O) groups excluding carboxylic acids is 1. The summed E-state index contributed by atoms with van der Waals surface area (Å²) in [5.74, 6) is 0.00990. The molecule has 4 rings (SSSR count). The Kier molecular flexibility index (Phi) is 6.80. The second-order valence-corrected chi connectivity index (χ2v) is 9.34. The van der Waals surface area contributed by atoms with Gasteiger partial charge in [-0.05, 0) is 43.7 Å². The lowest BCUT2D eigenvalue weighted by molar-refractivity contribution is -0.385. The number of para-hydroxylation sites is 1. The van der Waals surface area contributed by atoms with E-state index in [2.05, 4.69) is 0 Å².